The number of rotatable bonds is 7. The Morgan fingerprint density at radius 3 is 3.00 bits per heavy atom. The van der Waals surface area contributed by atoms with Gasteiger partial charge in [-0.05, 0) is 53.5 Å². The Morgan fingerprint density at radius 2 is 2.26 bits per heavy atom. The zero-order chi connectivity index (χ0) is 22.0. The predicted molar refractivity (Wildman–Crippen MR) is 117 cm³/mol. The largest absolute Gasteiger partial charge is 0.354 e. The van der Waals surface area contributed by atoms with Crippen molar-refractivity contribution in [1.82, 2.24) is 40.5 Å². The molecular weight excluding hydrogens is 416 g/mol. The third kappa shape index (κ3) is 5.10. The number of carbonyl (C=O) groups is 1. The highest BCUT2D eigenvalue weighted by Gasteiger charge is 2.32. The summed E-state index contributed by atoms with van der Waals surface area (Å²) in [4.78, 5) is 24.5. The summed E-state index contributed by atoms with van der Waals surface area (Å²) in [5, 5.41) is 14.5. The van der Waals surface area contributed by atoms with Crippen molar-refractivity contribution in [1.29, 1.82) is 0 Å². The number of nitrogens with one attached hydrogen (secondary N) is 2. The molecule has 0 saturated carbocycles. The maximum Gasteiger partial charge on any atom is 0.241 e. The lowest BCUT2D eigenvalue weighted by atomic mass is 9.70. The SMILES string of the molecule is CC1=C[C@@H](CNC(=O)Cn2cnnn2)[C@H](C(C)C)C[C@H]1Cc1nc2ncc(Cl)cc2[nH]1. The van der Waals surface area contributed by atoms with Gasteiger partial charge in [-0.25, -0.2) is 14.6 Å². The van der Waals surface area contributed by atoms with Crippen LogP contribution in [0.15, 0.2) is 30.2 Å². The van der Waals surface area contributed by atoms with E-state index in [0.717, 1.165) is 24.2 Å². The quantitative estimate of drug-likeness (QED) is 0.544. The molecule has 0 saturated heterocycles. The summed E-state index contributed by atoms with van der Waals surface area (Å²) in [5.41, 5.74) is 2.90. The molecule has 1 amide bonds. The number of hydrogen-bond acceptors (Lipinski definition) is 6. The molecule has 0 bridgehead atoms. The highest BCUT2D eigenvalue weighted by molar-refractivity contribution is 6.31. The van der Waals surface area contributed by atoms with Gasteiger partial charge in [-0.3, -0.25) is 4.79 Å². The number of pyridine rings is 1. The molecule has 2 N–H and O–H groups in total. The summed E-state index contributed by atoms with van der Waals surface area (Å²) in [6.45, 7) is 7.41. The smallest absolute Gasteiger partial charge is 0.241 e. The molecule has 0 unspecified atom stereocenters. The summed E-state index contributed by atoms with van der Waals surface area (Å²) in [5.74, 6) is 2.51. The van der Waals surface area contributed by atoms with Crippen LogP contribution in [0.4, 0.5) is 0 Å². The van der Waals surface area contributed by atoms with E-state index in [9.17, 15) is 4.79 Å². The van der Waals surface area contributed by atoms with Crippen LogP contribution < -0.4 is 5.32 Å². The van der Waals surface area contributed by atoms with E-state index in [1.54, 1.807) is 6.20 Å². The number of halogens is 1. The normalized spacial score (nSPS) is 21.5. The van der Waals surface area contributed by atoms with Gasteiger partial charge in [0.1, 0.15) is 18.7 Å². The van der Waals surface area contributed by atoms with E-state index in [4.69, 9.17) is 11.6 Å². The lowest BCUT2D eigenvalue weighted by Crippen LogP contribution is -2.38. The number of allylic oxidation sites excluding steroid dienone is 1. The minimum absolute atomic E-state index is 0.0866. The third-order valence-electron chi connectivity index (χ3n) is 6.11. The number of aromatic amines is 1. The Kier molecular flexibility index (Phi) is 6.31. The molecule has 3 heterocycles. The van der Waals surface area contributed by atoms with Crippen molar-refractivity contribution in [2.24, 2.45) is 23.7 Å². The van der Waals surface area contributed by atoms with Gasteiger partial charge in [-0.15, -0.1) is 5.10 Å². The average Bonchev–Trinajstić information content (AvgIpc) is 3.36. The molecule has 0 aromatic carbocycles. The first kappa shape index (κ1) is 21.4. The number of amides is 1. The van der Waals surface area contributed by atoms with Crippen molar-refractivity contribution < 1.29 is 4.79 Å². The van der Waals surface area contributed by atoms with Gasteiger partial charge < -0.3 is 10.3 Å². The molecule has 0 radical (unpaired) electrons. The Bertz CT molecular complexity index is 1070. The van der Waals surface area contributed by atoms with Crippen molar-refractivity contribution in [3.05, 3.63) is 41.1 Å². The van der Waals surface area contributed by atoms with Crippen molar-refractivity contribution in [3.63, 3.8) is 0 Å². The highest BCUT2D eigenvalue weighted by Crippen LogP contribution is 2.38. The van der Waals surface area contributed by atoms with Gasteiger partial charge in [0.2, 0.25) is 5.91 Å². The average molecular weight is 443 g/mol. The molecule has 164 valence electrons. The molecule has 1 aliphatic carbocycles. The Labute approximate surface area is 185 Å². The number of imidazole rings is 1. The summed E-state index contributed by atoms with van der Waals surface area (Å²) >= 11 is 6.04. The Hall–Kier alpha value is -2.81. The van der Waals surface area contributed by atoms with Crippen molar-refractivity contribution >= 4 is 28.7 Å². The molecule has 3 aromatic heterocycles. The fourth-order valence-corrected chi connectivity index (χ4v) is 4.61. The van der Waals surface area contributed by atoms with Gasteiger partial charge >= 0.3 is 0 Å². The first-order valence-corrected chi connectivity index (χ1v) is 10.9. The minimum Gasteiger partial charge on any atom is -0.354 e. The summed E-state index contributed by atoms with van der Waals surface area (Å²) in [6, 6.07) is 1.86. The van der Waals surface area contributed by atoms with Crippen LogP contribution in [0.2, 0.25) is 5.02 Å². The maximum absolute atomic E-state index is 12.2. The van der Waals surface area contributed by atoms with Gasteiger partial charge in [0.05, 0.1) is 10.5 Å². The molecule has 10 heteroatoms. The van der Waals surface area contributed by atoms with Gasteiger partial charge in [0.15, 0.2) is 5.65 Å². The van der Waals surface area contributed by atoms with Crippen LogP contribution in [0.25, 0.3) is 11.2 Å². The molecule has 1 aliphatic rings. The van der Waals surface area contributed by atoms with E-state index in [-0.39, 0.29) is 12.5 Å². The van der Waals surface area contributed by atoms with Crippen molar-refractivity contribution in [3.8, 4) is 0 Å². The topological polar surface area (TPSA) is 114 Å². The standard InChI is InChI=1S/C21H27ClN8O/c1-12(2)17-5-14(6-19-26-18-7-16(22)9-24-21(18)27-19)13(3)4-15(17)8-23-20(31)10-30-11-25-28-29-30/h4,7,9,11-12,14-15,17H,5-6,8,10H2,1-3H3,(H,23,31)(H,24,26,27)/t14-,15-,17-/m0/s1. The van der Waals surface area contributed by atoms with Crippen LogP contribution in [0.3, 0.4) is 0 Å². The van der Waals surface area contributed by atoms with E-state index in [2.05, 4.69) is 62.6 Å². The highest BCUT2D eigenvalue weighted by atomic mass is 35.5. The predicted octanol–water partition coefficient (Wildman–Crippen LogP) is 2.81. The first-order valence-electron chi connectivity index (χ1n) is 10.5. The lowest BCUT2D eigenvalue weighted by Gasteiger charge is -2.37. The van der Waals surface area contributed by atoms with E-state index in [1.165, 1.54) is 16.6 Å². The molecule has 3 aromatic rings. The third-order valence-corrected chi connectivity index (χ3v) is 6.32. The molecule has 0 fully saturated rings. The van der Waals surface area contributed by atoms with E-state index < -0.39 is 0 Å². The summed E-state index contributed by atoms with van der Waals surface area (Å²) in [6.07, 6.45) is 7.27. The molecule has 3 atom stereocenters. The number of aromatic nitrogens is 7. The first-order chi connectivity index (χ1) is 14.9. The van der Waals surface area contributed by atoms with Crippen molar-refractivity contribution in [2.75, 3.05) is 6.54 Å². The second kappa shape index (κ2) is 9.13. The fourth-order valence-electron chi connectivity index (χ4n) is 4.45. The molecule has 0 spiro atoms. The van der Waals surface area contributed by atoms with Gasteiger partial charge in [0, 0.05) is 19.2 Å². The number of carbonyl (C=O) groups excluding carboxylic acids is 1. The van der Waals surface area contributed by atoms with E-state index in [0.29, 0.717) is 40.9 Å². The maximum atomic E-state index is 12.2. The van der Waals surface area contributed by atoms with Crippen LogP contribution in [0.5, 0.6) is 0 Å². The molecule has 31 heavy (non-hydrogen) atoms. The second-order valence-corrected chi connectivity index (χ2v) is 9.08. The van der Waals surface area contributed by atoms with Gasteiger partial charge in [-0.2, -0.15) is 0 Å². The number of nitrogens with zero attached hydrogens (tertiary/aromatic N) is 6. The Morgan fingerprint density at radius 1 is 1.42 bits per heavy atom. The second-order valence-electron chi connectivity index (χ2n) is 8.64. The Balaban J connectivity index is 1.43. The zero-order valence-corrected chi connectivity index (χ0v) is 18.7. The molecular formula is C21H27ClN8O. The molecule has 0 aliphatic heterocycles. The summed E-state index contributed by atoms with van der Waals surface area (Å²) < 4.78 is 1.42. The van der Waals surface area contributed by atoms with Crippen LogP contribution in [0.1, 0.15) is 33.0 Å². The fraction of sp³-hybridized carbons (Fsp3) is 0.524. The monoisotopic (exact) mass is 442 g/mol. The van der Waals surface area contributed by atoms with E-state index >= 15 is 0 Å². The molecule has 4 rings (SSSR count). The minimum atomic E-state index is -0.0866. The summed E-state index contributed by atoms with van der Waals surface area (Å²) in [7, 11) is 0. The number of hydrogen-bond donors (Lipinski definition) is 2. The lowest BCUT2D eigenvalue weighted by molar-refractivity contribution is -0.122. The number of H-pyrrole nitrogens is 1. The van der Waals surface area contributed by atoms with E-state index in [1.807, 2.05) is 6.07 Å². The van der Waals surface area contributed by atoms with Crippen molar-refractivity contribution in [2.45, 2.75) is 40.2 Å². The number of tetrazole rings is 1. The molecule has 9 nitrogen and oxygen atoms in total. The van der Waals surface area contributed by atoms with Crippen LogP contribution >= 0.6 is 11.6 Å². The number of fused-ring (bicyclic) bond motifs is 1. The van der Waals surface area contributed by atoms with Gasteiger partial charge in [-0.1, -0.05) is 37.1 Å². The van der Waals surface area contributed by atoms with Crippen LogP contribution in [0, 0.1) is 23.7 Å². The van der Waals surface area contributed by atoms with Crippen LogP contribution in [-0.2, 0) is 17.8 Å². The van der Waals surface area contributed by atoms with Crippen LogP contribution in [-0.4, -0.2) is 47.6 Å². The zero-order valence-electron chi connectivity index (χ0n) is 17.9. The van der Waals surface area contributed by atoms with Gasteiger partial charge in [0.25, 0.3) is 0 Å².